The van der Waals surface area contributed by atoms with Crippen molar-refractivity contribution in [3.63, 3.8) is 0 Å². The molecule has 1 aliphatic heterocycles. The van der Waals surface area contributed by atoms with Gasteiger partial charge in [-0.1, -0.05) is 12.8 Å². The molecule has 31 heavy (non-hydrogen) atoms. The number of benzene rings is 1. The van der Waals surface area contributed by atoms with E-state index in [2.05, 4.69) is 19.7 Å². The lowest BCUT2D eigenvalue weighted by molar-refractivity contribution is 0.0420. The number of nitrogens with zero attached hydrogens (tertiary/aromatic N) is 5. The molecule has 8 nitrogen and oxygen atoms in total. The molecule has 1 fully saturated rings. The van der Waals surface area contributed by atoms with Crippen LogP contribution in [-0.2, 0) is 6.54 Å². The van der Waals surface area contributed by atoms with E-state index in [9.17, 15) is 4.79 Å². The molecule has 1 aliphatic carbocycles. The van der Waals surface area contributed by atoms with Crippen LogP contribution in [0.15, 0.2) is 42.7 Å². The molecule has 0 N–H and O–H groups in total. The van der Waals surface area contributed by atoms with Gasteiger partial charge in [-0.3, -0.25) is 9.78 Å². The number of ether oxygens (including phenoxy) is 2. The highest BCUT2D eigenvalue weighted by atomic mass is 16.5. The van der Waals surface area contributed by atoms with Gasteiger partial charge in [0.2, 0.25) is 0 Å². The van der Waals surface area contributed by atoms with Crippen LogP contribution in [0.25, 0.3) is 11.4 Å². The van der Waals surface area contributed by atoms with Gasteiger partial charge in [0.25, 0.3) is 5.91 Å². The summed E-state index contributed by atoms with van der Waals surface area (Å²) in [5.41, 5.74) is 1.53. The molecule has 2 atom stereocenters. The average molecular weight is 419 g/mol. The van der Waals surface area contributed by atoms with Crippen LogP contribution >= 0.6 is 0 Å². The molecule has 0 spiro atoms. The Labute approximate surface area is 180 Å². The summed E-state index contributed by atoms with van der Waals surface area (Å²) in [5.74, 6) is 2.95. The Morgan fingerprint density at radius 3 is 2.58 bits per heavy atom. The zero-order chi connectivity index (χ0) is 21.4. The lowest BCUT2D eigenvalue weighted by Gasteiger charge is -2.44. The quantitative estimate of drug-likeness (QED) is 0.644. The molecule has 3 heterocycles. The van der Waals surface area contributed by atoms with Crippen molar-refractivity contribution in [3.8, 4) is 22.9 Å². The highest BCUT2D eigenvalue weighted by Crippen LogP contribution is 2.41. The van der Waals surface area contributed by atoms with Crippen molar-refractivity contribution >= 4 is 5.91 Å². The molecule has 0 radical (unpaired) electrons. The lowest BCUT2D eigenvalue weighted by Crippen LogP contribution is -2.50. The predicted molar refractivity (Wildman–Crippen MR) is 114 cm³/mol. The van der Waals surface area contributed by atoms with Crippen LogP contribution in [0.5, 0.6) is 11.5 Å². The summed E-state index contributed by atoms with van der Waals surface area (Å²) >= 11 is 0. The lowest BCUT2D eigenvalue weighted by atomic mass is 9.86. The van der Waals surface area contributed by atoms with Gasteiger partial charge in [-0.2, -0.15) is 0 Å². The van der Waals surface area contributed by atoms with Crippen LogP contribution in [0.4, 0.5) is 0 Å². The maximum absolute atomic E-state index is 13.3. The summed E-state index contributed by atoms with van der Waals surface area (Å²) in [5, 5.41) is 9.00. The zero-order valence-corrected chi connectivity index (χ0v) is 17.7. The van der Waals surface area contributed by atoms with E-state index in [0.717, 1.165) is 42.9 Å². The fourth-order valence-electron chi connectivity index (χ4n) is 4.86. The van der Waals surface area contributed by atoms with Crippen molar-refractivity contribution in [1.29, 1.82) is 0 Å². The fourth-order valence-corrected chi connectivity index (χ4v) is 4.86. The predicted octanol–water partition coefficient (Wildman–Crippen LogP) is 3.50. The normalized spacial score (nSPS) is 20.0. The molecule has 1 saturated carbocycles. The Morgan fingerprint density at radius 2 is 1.84 bits per heavy atom. The third-order valence-electron chi connectivity index (χ3n) is 6.32. The Kier molecular flexibility index (Phi) is 5.05. The average Bonchev–Trinajstić information content (AvgIpc) is 3.27. The van der Waals surface area contributed by atoms with E-state index in [1.165, 1.54) is 0 Å². The number of carbonyl (C=O) groups is 1. The number of hydrogen-bond donors (Lipinski definition) is 0. The molecule has 5 rings (SSSR count). The van der Waals surface area contributed by atoms with Crippen LogP contribution in [0.1, 0.15) is 47.9 Å². The molecular weight excluding hydrogens is 394 g/mol. The van der Waals surface area contributed by atoms with Crippen LogP contribution < -0.4 is 9.47 Å². The third-order valence-corrected chi connectivity index (χ3v) is 6.32. The van der Waals surface area contributed by atoms with E-state index < -0.39 is 0 Å². The molecule has 2 aliphatic rings. The van der Waals surface area contributed by atoms with Crippen LogP contribution in [-0.4, -0.2) is 50.8 Å². The van der Waals surface area contributed by atoms with Crippen LogP contribution in [0.3, 0.4) is 0 Å². The van der Waals surface area contributed by atoms with Crippen molar-refractivity contribution < 1.29 is 14.3 Å². The van der Waals surface area contributed by atoms with E-state index in [1.807, 2.05) is 29.2 Å². The van der Waals surface area contributed by atoms with Gasteiger partial charge in [0.15, 0.2) is 23.1 Å². The molecule has 2 aromatic heterocycles. The van der Waals surface area contributed by atoms with Crippen molar-refractivity contribution in [2.45, 2.75) is 44.3 Å². The van der Waals surface area contributed by atoms with Crippen molar-refractivity contribution in [3.05, 3.63) is 54.1 Å². The van der Waals surface area contributed by atoms with Gasteiger partial charge in [-0.25, -0.2) is 0 Å². The van der Waals surface area contributed by atoms with Crippen LogP contribution in [0.2, 0.25) is 0 Å². The molecule has 3 aromatic rings. The number of fused-ring (bicyclic) bond motifs is 3. The van der Waals surface area contributed by atoms with Gasteiger partial charge < -0.3 is 18.9 Å². The summed E-state index contributed by atoms with van der Waals surface area (Å²) < 4.78 is 13.1. The van der Waals surface area contributed by atoms with E-state index in [-0.39, 0.29) is 18.0 Å². The van der Waals surface area contributed by atoms with Gasteiger partial charge in [-0.15, -0.1) is 10.2 Å². The number of carbonyl (C=O) groups excluding carboxylic acids is 1. The zero-order valence-electron chi connectivity index (χ0n) is 17.7. The second kappa shape index (κ2) is 8.02. The molecule has 8 heteroatoms. The second-order valence-electron chi connectivity index (χ2n) is 7.97. The molecule has 0 saturated heterocycles. The second-order valence-corrected chi connectivity index (χ2v) is 7.97. The van der Waals surface area contributed by atoms with Crippen molar-refractivity contribution in [2.24, 2.45) is 0 Å². The number of rotatable bonds is 4. The fraction of sp³-hybridized carbons (Fsp3) is 0.391. The number of aromatic nitrogens is 4. The Balaban J connectivity index is 1.55. The Bertz CT molecular complexity index is 1100. The summed E-state index contributed by atoms with van der Waals surface area (Å²) in [7, 11) is 3.25. The van der Waals surface area contributed by atoms with Gasteiger partial charge in [0.1, 0.15) is 0 Å². The van der Waals surface area contributed by atoms with Crippen molar-refractivity contribution in [1.82, 2.24) is 24.6 Å². The summed E-state index contributed by atoms with van der Waals surface area (Å²) in [6, 6.07) is 9.68. The highest BCUT2D eigenvalue weighted by molar-refractivity contribution is 5.94. The molecular formula is C23H25N5O3. The van der Waals surface area contributed by atoms with E-state index >= 15 is 0 Å². The molecule has 160 valence electrons. The molecule has 1 aromatic carbocycles. The maximum atomic E-state index is 13.3. The largest absolute Gasteiger partial charge is 0.493 e. The Hall–Kier alpha value is -3.42. The first-order valence-electron chi connectivity index (χ1n) is 10.6. The minimum absolute atomic E-state index is 0.00640. The molecule has 1 amide bonds. The first-order chi connectivity index (χ1) is 15.2. The first kappa shape index (κ1) is 19.5. The van der Waals surface area contributed by atoms with Gasteiger partial charge >= 0.3 is 0 Å². The SMILES string of the molecule is COc1ccc(-c2nnc3n2[C@@H]2CCCC[C@H]2N(C(=O)c2cccnc2)C3)cc1OC. The first-order valence-corrected chi connectivity index (χ1v) is 10.6. The van der Waals surface area contributed by atoms with Crippen LogP contribution in [0, 0.1) is 0 Å². The van der Waals surface area contributed by atoms with E-state index in [4.69, 9.17) is 9.47 Å². The smallest absolute Gasteiger partial charge is 0.256 e. The summed E-state index contributed by atoms with van der Waals surface area (Å²) in [4.78, 5) is 19.4. The number of pyridine rings is 1. The number of amides is 1. The molecule has 0 bridgehead atoms. The Morgan fingerprint density at radius 1 is 1.03 bits per heavy atom. The summed E-state index contributed by atoms with van der Waals surface area (Å²) in [6.45, 7) is 0.440. The molecule has 0 unspecified atom stereocenters. The van der Waals surface area contributed by atoms with Gasteiger partial charge in [0.05, 0.1) is 38.4 Å². The van der Waals surface area contributed by atoms with Gasteiger partial charge in [0, 0.05) is 18.0 Å². The maximum Gasteiger partial charge on any atom is 0.256 e. The number of hydrogen-bond acceptors (Lipinski definition) is 6. The minimum Gasteiger partial charge on any atom is -0.493 e. The van der Waals surface area contributed by atoms with E-state index in [1.54, 1.807) is 32.7 Å². The standard InChI is InChI=1S/C23H25N5O3/c1-30-19-10-9-15(12-20(19)31-2)22-26-25-21-14-27(23(29)16-6-5-11-24-13-16)17-7-3-4-8-18(17)28(21)22/h5-6,9-13,17-18H,3-4,7-8,14H2,1-2H3/t17-,18-/m1/s1. The summed E-state index contributed by atoms with van der Waals surface area (Å²) in [6.07, 6.45) is 7.52. The topological polar surface area (TPSA) is 82.4 Å². The monoisotopic (exact) mass is 419 g/mol. The number of methoxy groups -OCH3 is 2. The van der Waals surface area contributed by atoms with E-state index in [0.29, 0.717) is 23.6 Å². The minimum atomic E-state index is 0.00640. The van der Waals surface area contributed by atoms with Crippen molar-refractivity contribution in [2.75, 3.05) is 14.2 Å². The highest BCUT2D eigenvalue weighted by Gasteiger charge is 2.41. The van der Waals surface area contributed by atoms with Gasteiger partial charge in [-0.05, 0) is 43.2 Å². The third kappa shape index (κ3) is 3.32.